The maximum Gasteiger partial charge on any atom is 1.00 e. The summed E-state index contributed by atoms with van der Waals surface area (Å²) in [7, 11) is -4.11. The number of carbonyl (C=O) groups is 2. The number of amides is 1. The van der Waals surface area contributed by atoms with Crippen molar-refractivity contribution in [2.75, 3.05) is 12.3 Å². The molecular formula is C25H27ClCs2F4N4O8S. The Hall–Kier alpha value is 0.534. The van der Waals surface area contributed by atoms with Gasteiger partial charge in [0, 0.05) is 6.07 Å². The molecule has 3 N–H and O–H groups in total. The summed E-state index contributed by atoms with van der Waals surface area (Å²) in [6.07, 6.45) is -3.31. The van der Waals surface area contributed by atoms with Gasteiger partial charge in [0.1, 0.15) is 16.7 Å². The van der Waals surface area contributed by atoms with E-state index in [2.05, 4.69) is 9.71 Å². The van der Waals surface area contributed by atoms with Crippen LogP contribution in [0.25, 0.3) is 0 Å². The number of aromatic nitrogens is 1. The van der Waals surface area contributed by atoms with E-state index in [4.69, 9.17) is 41.8 Å². The molecule has 1 saturated heterocycles. The number of nitrogens with two attached hydrogens (primary N) is 1. The number of alkyl halides is 2. The van der Waals surface area contributed by atoms with Crippen molar-refractivity contribution < 1.29 is 193 Å². The van der Waals surface area contributed by atoms with E-state index in [1.807, 2.05) is 0 Å². The SMILES string of the molecule is CC(C)(C)OC(=O)N1CC(F)(F)[C@H](NS(=O)(=O)C2CC2)[C@@H]1Cc1cccc(Oc2nc(N)c(F)cc2Cl)c1F.O=C([O-])[O-].[Cs+].[Cs+]. The number of rotatable bonds is 7. The van der Waals surface area contributed by atoms with Gasteiger partial charge in [-0.1, -0.05) is 23.7 Å². The minimum absolute atomic E-state index is 0. The number of benzene rings is 1. The number of sulfonamides is 1. The van der Waals surface area contributed by atoms with Gasteiger partial charge in [-0.25, -0.2) is 35.5 Å². The summed E-state index contributed by atoms with van der Waals surface area (Å²) in [5.41, 5.74) is 4.22. The van der Waals surface area contributed by atoms with Gasteiger partial charge in [-0.3, -0.25) is 4.90 Å². The van der Waals surface area contributed by atoms with Crippen LogP contribution in [-0.4, -0.2) is 66.0 Å². The van der Waals surface area contributed by atoms with E-state index in [0.717, 1.165) is 6.07 Å². The quantitative estimate of drug-likeness (QED) is 0.261. The summed E-state index contributed by atoms with van der Waals surface area (Å²) in [6.45, 7) is 3.49. The second kappa shape index (κ2) is 17.5. The van der Waals surface area contributed by atoms with Gasteiger partial charge in [0.25, 0.3) is 5.92 Å². The predicted molar refractivity (Wildman–Crippen MR) is 140 cm³/mol. The number of halogens is 5. The maximum atomic E-state index is 15.6. The summed E-state index contributed by atoms with van der Waals surface area (Å²) >= 11 is 5.92. The van der Waals surface area contributed by atoms with Crippen molar-refractivity contribution in [2.24, 2.45) is 0 Å². The molecule has 1 saturated carbocycles. The first-order chi connectivity index (χ1) is 19.7. The van der Waals surface area contributed by atoms with Crippen molar-refractivity contribution in [3.63, 3.8) is 0 Å². The van der Waals surface area contributed by atoms with Crippen LogP contribution in [0.4, 0.5) is 33.0 Å². The molecule has 0 bridgehead atoms. The summed E-state index contributed by atoms with van der Waals surface area (Å²) in [6, 6.07) is 1.08. The number of anilines is 1. The van der Waals surface area contributed by atoms with Crippen molar-refractivity contribution in [2.45, 2.75) is 68.9 Å². The van der Waals surface area contributed by atoms with E-state index in [9.17, 15) is 17.6 Å². The predicted octanol–water partition coefficient (Wildman–Crippen LogP) is -3.80. The first kappa shape index (κ1) is 43.6. The molecule has 1 amide bonds. The molecular weight excluding hydrogens is 894 g/mol. The molecule has 1 aromatic carbocycles. The minimum atomic E-state index is -4.11. The average molecular weight is 921 g/mol. The van der Waals surface area contributed by atoms with Crippen molar-refractivity contribution in [3.05, 3.63) is 46.5 Å². The van der Waals surface area contributed by atoms with Crippen LogP contribution >= 0.6 is 11.6 Å². The summed E-state index contributed by atoms with van der Waals surface area (Å²) in [5.74, 6) is -6.98. The monoisotopic (exact) mass is 920 g/mol. The van der Waals surface area contributed by atoms with Gasteiger partial charge < -0.3 is 30.2 Å². The molecule has 2 aromatic rings. The Kier molecular flexibility index (Phi) is 16.9. The molecule has 238 valence electrons. The Balaban J connectivity index is 0.00000159. The summed E-state index contributed by atoms with van der Waals surface area (Å²) in [4.78, 5) is 25.6. The molecule has 1 aliphatic carbocycles. The molecule has 2 atom stereocenters. The van der Waals surface area contributed by atoms with E-state index < -0.39 is 93.2 Å². The molecule has 0 unspecified atom stereocenters. The van der Waals surface area contributed by atoms with E-state index in [-0.39, 0.29) is 148 Å². The van der Waals surface area contributed by atoms with Gasteiger partial charge in [0.2, 0.25) is 15.9 Å². The van der Waals surface area contributed by atoms with Crippen molar-refractivity contribution in [1.82, 2.24) is 14.6 Å². The maximum absolute atomic E-state index is 15.6. The third kappa shape index (κ3) is 12.4. The third-order valence-electron chi connectivity index (χ3n) is 6.11. The number of hydrogen-bond donors (Lipinski definition) is 2. The van der Waals surface area contributed by atoms with Gasteiger partial charge in [0.05, 0.1) is 17.8 Å². The molecule has 1 aliphatic heterocycles. The van der Waals surface area contributed by atoms with E-state index in [0.29, 0.717) is 17.7 Å². The Morgan fingerprint density at radius 1 is 1.20 bits per heavy atom. The van der Waals surface area contributed by atoms with Crippen LogP contribution in [0.15, 0.2) is 24.3 Å². The number of nitrogens with one attached hydrogen (secondary N) is 1. The molecule has 2 fully saturated rings. The molecule has 45 heavy (non-hydrogen) atoms. The Labute approximate surface area is 379 Å². The smallest absolute Gasteiger partial charge is 0.652 e. The Morgan fingerprint density at radius 3 is 2.31 bits per heavy atom. The number of nitrogens with zero attached hydrogens (tertiary/aromatic N) is 2. The number of likely N-dealkylation sites (tertiary alicyclic amines) is 1. The van der Waals surface area contributed by atoms with Crippen LogP contribution in [-0.2, 0) is 21.2 Å². The molecule has 4 rings (SSSR count). The standard InChI is InChI=1S/C24H27ClF4N4O5S.CH2O3.2Cs/c1-23(2,3)38-22(34)33-11-24(28,29)19(32-39(35,36)13-7-8-13)16(33)9-12-5-4-6-17(18(12)27)37-21-14(25)10-15(26)20(30)31-21;2-1(3)4;;/h4-6,10,13,16,19,32H,7-9,11H2,1-3H3,(H2,30,31);(H2,2,3,4);;/q;;2*+1/p-2/t16-,19+;;;/m0.../s1. The van der Waals surface area contributed by atoms with Crippen LogP contribution in [0.1, 0.15) is 39.2 Å². The van der Waals surface area contributed by atoms with Gasteiger partial charge in [-0.2, -0.15) is 4.98 Å². The summed E-state index contributed by atoms with van der Waals surface area (Å²) in [5, 5.41) is 15.6. The molecule has 12 nitrogen and oxygen atoms in total. The number of pyridine rings is 1. The molecule has 2 aliphatic rings. The molecule has 1 aromatic heterocycles. The zero-order valence-electron chi connectivity index (χ0n) is 24.9. The molecule has 2 heterocycles. The number of carboxylic acid groups (broad SMARTS) is 2. The number of nitrogen functional groups attached to an aromatic ring is 1. The van der Waals surface area contributed by atoms with E-state index in [1.165, 1.54) is 18.2 Å². The van der Waals surface area contributed by atoms with Gasteiger partial charge in [-0.05, 0) is 57.8 Å². The fourth-order valence-electron chi connectivity index (χ4n) is 4.13. The minimum Gasteiger partial charge on any atom is -0.652 e. The summed E-state index contributed by atoms with van der Waals surface area (Å²) < 4.78 is 97.6. The topological polar surface area (TPSA) is 187 Å². The molecule has 20 heteroatoms. The second-order valence-electron chi connectivity index (χ2n) is 10.7. The average Bonchev–Trinajstić information content (AvgIpc) is 3.67. The number of carbonyl (C=O) groups excluding carboxylic acids is 2. The second-order valence-corrected chi connectivity index (χ2v) is 13.1. The van der Waals surface area contributed by atoms with Crippen LogP contribution in [0, 0.1) is 11.6 Å². The van der Waals surface area contributed by atoms with Gasteiger partial charge >= 0.3 is 144 Å². The Morgan fingerprint density at radius 2 is 1.78 bits per heavy atom. The van der Waals surface area contributed by atoms with Crippen molar-refractivity contribution in [3.8, 4) is 11.6 Å². The fraction of sp³-hybridized carbons (Fsp3) is 0.480. The zero-order chi connectivity index (χ0) is 32.5. The molecule has 0 spiro atoms. The third-order valence-corrected chi connectivity index (χ3v) is 8.31. The fourth-order valence-corrected chi connectivity index (χ4v) is 5.94. The van der Waals surface area contributed by atoms with Crippen molar-refractivity contribution >= 4 is 39.7 Å². The normalized spacial score (nSPS) is 18.9. The first-order valence-corrected chi connectivity index (χ1v) is 14.5. The molecule has 0 radical (unpaired) electrons. The van der Waals surface area contributed by atoms with Crippen LogP contribution in [0.3, 0.4) is 0 Å². The Bertz CT molecular complexity index is 1500. The van der Waals surface area contributed by atoms with Crippen molar-refractivity contribution in [1.29, 1.82) is 0 Å². The number of hydrogen-bond acceptors (Lipinski definition) is 10. The van der Waals surface area contributed by atoms with Gasteiger partial charge in [0.15, 0.2) is 23.2 Å². The van der Waals surface area contributed by atoms with Gasteiger partial charge in [-0.15, -0.1) is 0 Å². The number of ether oxygens (including phenoxy) is 2. The first-order valence-electron chi connectivity index (χ1n) is 12.5. The van der Waals surface area contributed by atoms with Crippen LogP contribution in [0.5, 0.6) is 11.6 Å². The van der Waals surface area contributed by atoms with E-state index in [1.54, 1.807) is 20.8 Å². The van der Waals surface area contributed by atoms with Crippen LogP contribution < -0.4 is 163 Å². The largest absolute Gasteiger partial charge is 1.00 e. The van der Waals surface area contributed by atoms with E-state index >= 15 is 13.2 Å². The van der Waals surface area contributed by atoms with Crippen LogP contribution in [0.2, 0.25) is 5.02 Å². The zero-order valence-corrected chi connectivity index (χ0v) is 39.0.